The predicted octanol–water partition coefficient (Wildman–Crippen LogP) is 7.29. The molecule has 1 N–H and O–H groups in total. The number of rotatable bonds is 18. The van der Waals surface area contributed by atoms with E-state index in [4.69, 9.17) is 0 Å². The smallest absolute Gasteiger partial charge is 0.256 e. The predicted molar refractivity (Wildman–Crippen MR) is 157 cm³/mol. The van der Waals surface area contributed by atoms with E-state index in [2.05, 4.69) is 37.9 Å². The Balaban J connectivity index is 3.65. The van der Waals surface area contributed by atoms with E-state index < -0.39 is 0 Å². The number of nitriles is 1. The van der Waals surface area contributed by atoms with Gasteiger partial charge >= 0.3 is 0 Å². The minimum absolute atomic E-state index is 0.0971. The molecule has 0 unspecified atom stereocenters. The maximum Gasteiger partial charge on any atom is 0.256 e. The topological polar surface area (TPSA) is 126 Å². The van der Waals surface area contributed by atoms with Gasteiger partial charge in [0.2, 0.25) is 0 Å². The molecule has 2 amide bonds. The summed E-state index contributed by atoms with van der Waals surface area (Å²) in [6, 6.07) is 6.59. The number of amides is 2. The molecule has 1 rings (SSSR count). The van der Waals surface area contributed by atoms with Crippen LogP contribution in [0.5, 0.6) is 0 Å². The lowest BCUT2D eigenvalue weighted by Crippen LogP contribution is -2.34. The second-order valence-electron chi connectivity index (χ2n) is 9.71. The molecule has 9 heteroatoms. The van der Waals surface area contributed by atoms with Gasteiger partial charge in [0.25, 0.3) is 11.8 Å². The number of azo groups is 1. The van der Waals surface area contributed by atoms with Gasteiger partial charge in [-0.1, -0.05) is 53.4 Å². The number of allylic oxidation sites excluding steroid dienone is 2. The van der Waals surface area contributed by atoms with Gasteiger partial charge in [-0.15, -0.1) is 10.2 Å². The summed E-state index contributed by atoms with van der Waals surface area (Å²) in [5, 5.41) is 27.3. The Morgan fingerprint density at radius 3 is 1.82 bits per heavy atom. The standard InChI is InChI=1S/C31H45N5O4/c1-6-10-16-35(17-11-7-2)30(39)25-14-15-27(31(40)36(18-12-8-3)19-13-9-4)28(20-25)33-34-29(23-38)24(5)26(21-32)22-37/h14-15,20,22-23,38H,6-13,16-19H2,1-5H3/b26-24-,29-23-,34-33+. The summed E-state index contributed by atoms with van der Waals surface area (Å²) >= 11 is 0. The van der Waals surface area contributed by atoms with E-state index in [1.165, 1.54) is 6.92 Å². The van der Waals surface area contributed by atoms with E-state index in [9.17, 15) is 24.8 Å². The van der Waals surface area contributed by atoms with Crippen molar-refractivity contribution in [3.8, 4) is 6.07 Å². The Bertz CT molecular complexity index is 1100. The quantitative estimate of drug-likeness (QED) is 0.0512. The van der Waals surface area contributed by atoms with Crippen LogP contribution in [0.4, 0.5) is 5.69 Å². The van der Waals surface area contributed by atoms with E-state index in [1.54, 1.807) is 29.2 Å². The van der Waals surface area contributed by atoms with Crippen molar-refractivity contribution in [2.24, 2.45) is 10.2 Å². The van der Waals surface area contributed by atoms with E-state index >= 15 is 0 Å². The van der Waals surface area contributed by atoms with Crippen LogP contribution in [-0.4, -0.2) is 59.2 Å². The molecule has 0 radical (unpaired) electrons. The maximum absolute atomic E-state index is 13.7. The van der Waals surface area contributed by atoms with Gasteiger partial charge in [-0.25, -0.2) is 0 Å². The molecule has 40 heavy (non-hydrogen) atoms. The molecule has 0 spiro atoms. The number of unbranched alkanes of at least 4 members (excludes halogenated alkanes) is 4. The number of aldehydes is 1. The highest BCUT2D eigenvalue weighted by Crippen LogP contribution is 2.27. The molecule has 0 saturated carbocycles. The molecule has 0 fully saturated rings. The molecule has 0 heterocycles. The van der Waals surface area contributed by atoms with Crippen molar-refractivity contribution in [3.05, 3.63) is 52.4 Å². The summed E-state index contributed by atoms with van der Waals surface area (Å²) < 4.78 is 0. The molecule has 0 atom stereocenters. The van der Waals surface area contributed by atoms with Crippen molar-refractivity contribution in [2.45, 2.75) is 86.0 Å². The summed E-state index contributed by atoms with van der Waals surface area (Å²) in [5.74, 6) is -0.357. The second-order valence-corrected chi connectivity index (χ2v) is 9.71. The van der Waals surface area contributed by atoms with Crippen molar-refractivity contribution in [1.29, 1.82) is 5.26 Å². The third-order valence-electron chi connectivity index (χ3n) is 6.59. The fraction of sp³-hybridized carbons (Fsp3) is 0.548. The fourth-order valence-electron chi connectivity index (χ4n) is 3.95. The average Bonchev–Trinajstić information content (AvgIpc) is 2.97. The van der Waals surface area contributed by atoms with Crippen molar-refractivity contribution >= 4 is 23.8 Å². The zero-order valence-electron chi connectivity index (χ0n) is 24.8. The zero-order chi connectivity index (χ0) is 29.9. The molecule has 0 bridgehead atoms. The van der Waals surface area contributed by atoms with Gasteiger partial charge in [-0.2, -0.15) is 5.26 Å². The summed E-state index contributed by atoms with van der Waals surface area (Å²) in [6.45, 7) is 12.2. The molecule has 0 aliphatic carbocycles. The highest BCUT2D eigenvalue weighted by atomic mass is 16.2. The van der Waals surface area contributed by atoms with Crippen molar-refractivity contribution < 1.29 is 19.5 Å². The molecule has 218 valence electrons. The zero-order valence-corrected chi connectivity index (χ0v) is 24.8. The number of nitrogens with zero attached hydrogens (tertiary/aromatic N) is 5. The summed E-state index contributed by atoms with van der Waals surface area (Å²) in [4.78, 5) is 42.1. The molecular weight excluding hydrogens is 506 g/mol. The Morgan fingerprint density at radius 1 is 0.900 bits per heavy atom. The first kappa shape index (κ1) is 34.2. The van der Waals surface area contributed by atoms with Crippen LogP contribution in [-0.2, 0) is 4.79 Å². The highest BCUT2D eigenvalue weighted by Gasteiger charge is 2.22. The van der Waals surface area contributed by atoms with Crippen molar-refractivity contribution in [3.63, 3.8) is 0 Å². The SMILES string of the molecule is CCCCN(CCCC)C(=O)c1ccc(C(=O)N(CCCC)CCCC)c(/N=N/C(=C\O)C(/C)=C(/C#N)C=O)c1. The molecule has 0 aliphatic rings. The monoisotopic (exact) mass is 551 g/mol. The number of benzene rings is 1. The van der Waals surface area contributed by atoms with E-state index in [-0.39, 0.29) is 39.9 Å². The van der Waals surface area contributed by atoms with Gasteiger partial charge in [-0.3, -0.25) is 14.4 Å². The molecule has 0 aromatic heterocycles. The third kappa shape index (κ3) is 10.4. The minimum Gasteiger partial charge on any atom is -0.513 e. The Labute approximate surface area is 239 Å². The van der Waals surface area contributed by atoms with Gasteiger partial charge in [-0.05, 0) is 50.8 Å². The molecule has 1 aromatic rings. The maximum atomic E-state index is 13.7. The van der Waals surface area contributed by atoms with Crippen LogP contribution in [0.25, 0.3) is 0 Å². The fourth-order valence-corrected chi connectivity index (χ4v) is 3.95. The Hall–Kier alpha value is -3.80. The van der Waals surface area contributed by atoms with Gasteiger partial charge in [0, 0.05) is 37.3 Å². The molecular formula is C31H45N5O4. The molecule has 9 nitrogen and oxygen atoms in total. The van der Waals surface area contributed by atoms with Crippen LogP contribution in [0.2, 0.25) is 0 Å². The minimum atomic E-state index is -0.212. The molecule has 0 saturated heterocycles. The van der Waals surface area contributed by atoms with Crippen LogP contribution < -0.4 is 0 Å². The second kappa shape index (κ2) is 19.3. The number of aliphatic hydroxyl groups is 1. The largest absolute Gasteiger partial charge is 0.513 e. The number of carbonyl (C=O) groups is 3. The van der Waals surface area contributed by atoms with Gasteiger partial charge in [0.15, 0.2) is 6.29 Å². The molecule has 0 aliphatic heterocycles. The first-order chi connectivity index (χ1) is 19.3. The summed E-state index contributed by atoms with van der Waals surface area (Å²) in [5.41, 5.74) is 0.695. The highest BCUT2D eigenvalue weighted by molar-refractivity contribution is 6.02. The summed E-state index contributed by atoms with van der Waals surface area (Å²) in [6.07, 6.45) is 8.32. The van der Waals surface area contributed by atoms with Gasteiger partial charge in [0.05, 0.1) is 16.8 Å². The lowest BCUT2D eigenvalue weighted by molar-refractivity contribution is -0.104. The van der Waals surface area contributed by atoms with Gasteiger partial charge in [0.1, 0.15) is 18.0 Å². The van der Waals surface area contributed by atoms with Crippen LogP contribution in [0.1, 0.15) is 107 Å². The van der Waals surface area contributed by atoms with Crippen LogP contribution in [0.15, 0.2) is 51.5 Å². The van der Waals surface area contributed by atoms with Crippen molar-refractivity contribution in [2.75, 3.05) is 26.2 Å². The first-order valence-electron chi connectivity index (χ1n) is 14.4. The lowest BCUT2D eigenvalue weighted by atomic mass is 10.1. The number of hydrogen-bond acceptors (Lipinski definition) is 7. The van der Waals surface area contributed by atoms with E-state index in [1.807, 2.05) is 4.90 Å². The number of aliphatic hydroxyl groups excluding tert-OH is 1. The number of hydrogen-bond donors (Lipinski definition) is 1. The van der Waals surface area contributed by atoms with Crippen LogP contribution in [0.3, 0.4) is 0 Å². The van der Waals surface area contributed by atoms with E-state index in [0.717, 1.165) is 51.4 Å². The van der Waals surface area contributed by atoms with E-state index in [0.29, 0.717) is 44.3 Å². The van der Waals surface area contributed by atoms with Crippen LogP contribution >= 0.6 is 0 Å². The van der Waals surface area contributed by atoms with Crippen LogP contribution in [0, 0.1) is 11.3 Å². The summed E-state index contributed by atoms with van der Waals surface area (Å²) in [7, 11) is 0. The first-order valence-corrected chi connectivity index (χ1v) is 14.4. The third-order valence-corrected chi connectivity index (χ3v) is 6.59. The van der Waals surface area contributed by atoms with Crippen molar-refractivity contribution in [1.82, 2.24) is 9.80 Å². The lowest BCUT2D eigenvalue weighted by Gasteiger charge is -2.24. The number of carbonyl (C=O) groups excluding carboxylic acids is 3. The average molecular weight is 552 g/mol. The molecule has 1 aromatic carbocycles. The normalized spacial score (nSPS) is 12.2. The Morgan fingerprint density at radius 2 is 1.40 bits per heavy atom. The van der Waals surface area contributed by atoms with Gasteiger partial charge < -0.3 is 14.9 Å². The Kier molecular flexibility index (Phi) is 16.5.